The van der Waals surface area contributed by atoms with E-state index >= 15 is 0 Å². The average Bonchev–Trinajstić information content (AvgIpc) is 2.67. The van der Waals surface area contributed by atoms with Crippen molar-refractivity contribution in [3.63, 3.8) is 0 Å². The van der Waals surface area contributed by atoms with Crippen molar-refractivity contribution in [2.75, 3.05) is 26.2 Å². The predicted octanol–water partition coefficient (Wildman–Crippen LogP) is 3.27. The van der Waals surface area contributed by atoms with Crippen molar-refractivity contribution in [1.29, 1.82) is 0 Å². The molecule has 0 atom stereocenters. The molecule has 0 aromatic heterocycles. The van der Waals surface area contributed by atoms with Gasteiger partial charge in [-0.15, -0.1) is 0 Å². The van der Waals surface area contributed by atoms with Crippen molar-refractivity contribution in [3.8, 4) is 0 Å². The highest BCUT2D eigenvalue weighted by Crippen LogP contribution is 2.23. The Bertz CT molecular complexity index is 909. The van der Waals surface area contributed by atoms with E-state index in [1.54, 1.807) is 4.90 Å². The van der Waals surface area contributed by atoms with Crippen LogP contribution in [0, 0.1) is 0 Å². The largest absolute Gasteiger partial charge is 0.336 e. The van der Waals surface area contributed by atoms with Crippen LogP contribution in [0.3, 0.4) is 0 Å². The molecule has 6 heteroatoms. The fourth-order valence-corrected chi connectivity index (χ4v) is 4.86. The first-order valence-corrected chi connectivity index (χ1v) is 11.2. The van der Waals surface area contributed by atoms with Crippen LogP contribution in [-0.4, -0.2) is 49.7 Å². The molecule has 0 radical (unpaired) electrons. The molecule has 2 aromatic rings. The molecule has 1 aliphatic heterocycles. The van der Waals surface area contributed by atoms with Gasteiger partial charge in [-0.1, -0.05) is 63.2 Å². The zero-order chi connectivity index (χ0) is 20.4. The van der Waals surface area contributed by atoms with Crippen molar-refractivity contribution in [3.05, 3.63) is 71.3 Å². The van der Waals surface area contributed by atoms with Gasteiger partial charge in [0.15, 0.2) is 0 Å². The van der Waals surface area contributed by atoms with E-state index < -0.39 is 10.0 Å². The quantitative estimate of drug-likeness (QED) is 0.791. The number of nitrogens with zero attached hydrogens (tertiary/aromatic N) is 2. The second kappa shape index (κ2) is 8.05. The Kier molecular flexibility index (Phi) is 5.91. The number of sulfonamides is 1. The van der Waals surface area contributed by atoms with E-state index in [9.17, 15) is 13.2 Å². The van der Waals surface area contributed by atoms with Gasteiger partial charge in [-0.05, 0) is 28.7 Å². The number of piperazine rings is 1. The first-order valence-electron chi connectivity index (χ1n) is 9.58. The van der Waals surface area contributed by atoms with Crippen LogP contribution in [0.15, 0.2) is 54.6 Å². The molecule has 0 unspecified atom stereocenters. The van der Waals surface area contributed by atoms with Gasteiger partial charge in [0.05, 0.1) is 5.75 Å². The van der Waals surface area contributed by atoms with Crippen LogP contribution in [0.4, 0.5) is 0 Å². The van der Waals surface area contributed by atoms with E-state index in [2.05, 4.69) is 20.8 Å². The van der Waals surface area contributed by atoms with Crippen LogP contribution in [0.1, 0.15) is 42.3 Å². The standard InChI is InChI=1S/C22H28N2O3S/c1-22(2,3)20-11-9-19(10-12-20)21(25)23-13-15-24(16-14-23)28(26,27)17-18-7-5-4-6-8-18/h4-12H,13-17H2,1-3H3. The Hall–Kier alpha value is -2.18. The summed E-state index contributed by atoms with van der Waals surface area (Å²) in [5.41, 5.74) is 2.65. The number of amides is 1. The van der Waals surface area contributed by atoms with Gasteiger partial charge < -0.3 is 4.90 Å². The lowest BCUT2D eigenvalue weighted by Gasteiger charge is -2.34. The minimum atomic E-state index is -3.38. The maximum absolute atomic E-state index is 12.8. The molecule has 1 fully saturated rings. The van der Waals surface area contributed by atoms with Crippen molar-refractivity contribution < 1.29 is 13.2 Å². The van der Waals surface area contributed by atoms with Gasteiger partial charge in [0.1, 0.15) is 0 Å². The maximum Gasteiger partial charge on any atom is 0.253 e. The van der Waals surface area contributed by atoms with Gasteiger partial charge in [0.2, 0.25) is 10.0 Å². The molecule has 0 spiro atoms. The second-order valence-electron chi connectivity index (χ2n) is 8.26. The Labute approximate surface area is 168 Å². The summed E-state index contributed by atoms with van der Waals surface area (Å²) in [6.07, 6.45) is 0. The molecule has 5 nitrogen and oxygen atoms in total. The molecule has 1 saturated heterocycles. The second-order valence-corrected chi connectivity index (χ2v) is 10.2. The third-order valence-corrected chi connectivity index (χ3v) is 6.96. The molecule has 3 rings (SSSR count). The summed E-state index contributed by atoms with van der Waals surface area (Å²) in [6.45, 7) is 7.90. The summed E-state index contributed by atoms with van der Waals surface area (Å²) in [4.78, 5) is 14.5. The van der Waals surface area contributed by atoms with Crippen LogP contribution in [0.25, 0.3) is 0 Å². The van der Waals surface area contributed by atoms with E-state index in [0.29, 0.717) is 31.7 Å². The Morgan fingerprint density at radius 3 is 2.00 bits per heavy atom. The van der Waals surface area contributed by atoms with Crippen molar-refractivity contribution in [2.24, 2.45) is 0 Å². The van der Waals surface area contributed by atoms with E-state index in [-0.39, 0.29) is 17.1 Å². The van der Waals surface area contributed by atoms with Crippen LogP contribution in [0.2, 0.25) is 0 Å². The van der Waals surface area contributed by atoms with Gasteiger partial charge in [-0.3, -0.25) is 4.79 Å². The van der Waals surface area contributed by atoms with Crippen LogP contribution < -0.4 is 0 Å². The molecule has 0 bridgehead atoms. The normalized spacial score (nSPS) is 16.2. The summed E-state index contributed by atoms with van der Waals surface area (Å²) in [6, 6.07) is 16.9. The van der Waals surface area contributed by atoms with Crippen molar-refractivity contribution >= 4 is 15.9 Å². The third kappa shape index (κ3) is 4.80. The minimum Gasteiger partial charge on any atom is -0.336 e. The number of hydrogen-bond donors (Lipinski definition) is 0. The smallest absolute Gasteiger partial charge is 0.253 e. The molecule has 0 N–H and O–H groups in total. The van der Waals surface area contributed by atoms with Gasteiger partial charge in [0, 0.05) is 31.7 Å². The lowest BCUT2D eigenvalue weighted by Crippen LogP contribution is -2.50. The predicted molar refractivity (Wildman–Crippen MR) is 112 cm³/mol. The summed E-state index contributed by atoms with van der Waals surface area (Å²) < 4.78 is 26.8. The van der Waals surface area contributed by atoms with Crippen molar-refractivity contribution in [2.45, 2.75) is 31.9 Å². The SMILES string of the molecule is CC(C)(C)c1ccc(C(=O)N2CCN(S(=O)(=O)Cc3ccccc3)CC2)cc1. The van der Waals surface area contributed by atoms with Gasteiger partial charge in [-0.2, -0.15) is 4.31 Å². The topological polar surface area (TPSA) is 57.7 Å². The number of carbonyl (C=O) groups excluding carboxylic acids is 1. The van der Waals surface area contributed by atoms with Crippen LogP contribution in [0.5, 0.6) is 0 Å². The fourth-order valence-electron chi connectivity index (χ4n) is 3.34. The summed E-state index contributed by atoms with van der Waals surface area (Å²) in [5.74, 6) is -0.0451. The molecule has 150 valence electrons. The van der Waals surface area contributed by atoms with Crippen LogP contribution >= 0.6 is 0 Å². The van der Waals surface area contributed by atoms with E-state index in [0.717, 1.165) is 5.56 Å². The number of benzene rings is 2. The third-order valence-electron chi connectivity index (χ3n) is 5.11. The van der Waals surface area contributed by atoms with Gasteiger partial charge >= 0.3 is 0 Å². The van der Waals surface area contributed by atoms with E-state index in [1.807, 2.05) is 54.6 Å². The lowest BCUT2D eigenvalue weighted by atomic mass is 9.86. The van der Waals surface area contributed by atoms with E-state index in [4.69, 9.17) is 0 Å². The number of carbonyl (C=O) groups is 1. The summed E-state index contributed by atoms with van der Waals surface area (Å²) in [5, 5.41) is 0. The minimum absolute atomic E-state index is 0.00392. The fraction of sp³-hybridized carbons (Fsp3) is 0.409. The maximum atomic E-state index is 12.8. The number of rotatable bonds is 4. The lowest BCUT2D eigenvalue weighted by molar-refractivity contribution is 0.0697. The first kappa shape index (κ1) is 20.6. The number of hydrogen-bond acceptors (Lipinski definition) is 3. The van der Waals surface area contributed by atoms with Gasteiger partial charge in [-0.25, -0.2) is 8.42 Å². The Balaban J connectivity index is 1.61. The Morgan fingerprint density at radius 2 is 1.46 bits per heavy atom. The molecule has 1 amide bonds. The summed E-state index contributed by atoms with van der Waals surface area (Å²) >= 11 is 0. The molecule has 0 aliphatic carbocycles. The van der Waals surface area contributed by atoms with Crippen molar-refractivity contribution in [1.82, 2.24) is 9.21 Å². The molecule has 2 aromatic carbocycles. The Morgan fingerprint density at radius 1 is 0.893 bits per heavy atom. The molecule has 0 saturated carbocycles. The molecule has 1 aliphatic rings. The zero-order valence-corrected chi connectivity index (χ0v) is 17.6. The monoisotopic (exact) mass is 400 g/mol. The first-order chi connectivity index (χ1) is 13.2. The molecular formula is C22H28N2O3S. The van der Waals surface area contributed by atoms with E-state index in [1.165, 1.54) is 9.87 Å². The van der Waals surface area contributed by atoms with Crippen LogP contribution in [-0.2, 0) is 21.2 Å². The summed E-state index contributed by atoms with van der Waals surface area (Å²) in [7, 11) is -3.38. The molecular weight excluding hydrogens is 372 g/mol. The highest BCUT2D eigenvalue weighted by atomic mass is 32.2. The average molecular weight is 401 g/mol. The highest BCUT2D eigenvalue weighted by molar-refractivity contribution is 7.88. The molecule has 28 heavy (non-hydrogen) atoms. The molecule has 1 heterocycles. The zero-order valence-electron chi connectivity index (χ0n) is 16.8. The van der Waals surface area contributed by atoms with Gasteiger partial charge in [0.25, 0.3) is 5.91 Å². The highest BCUT2D eigenvalue weighted by Gasteiger charge is 2.29.